The van der Waals surface area contributed by atoms with Crippen molar-refractivity contribution >= 4 is 23.4 Å². The monoisotopic (exact) mass is 387 g/mol. The molecule has 0 bridgehead atoms. The zero-order chi connectivity index (χ0) is 19.6. The number of hydrogen-bond donors (Lipinski definition) is 0. The van der Waals surface area contributed by atoms with Crippen LogP contribution in [-0.4, -0.2) is 36.2 Å². The number of nitrogens with zero attached hydrogens (tertiary/aromatic N) is 1. The fourth-order valence-corrected chi connectivity index (χ4v) is 2.75. The van der Waals surface area contributed by atoms with Gasteiger partial charge < -0.3 is 19.1 Å². The van der Waals surface area contributed by atoms with Crippen LogP contribution in [0.3, 0.4) is 0 Å². The van der Waals surface area contributed by atoms with Crippen molar-refractivity contribution in [2.75, 3.05) is 20.2 Å². The minimum absolute atomic E-state index is 0.432. The molecular formula is C21H25NO4S. The molecule has 27 heavy (non-hydrogen) atoms. The van der Waals surface area contributed by atoms with Gasteiger partial charge in [-0.1, -0.05) is 13.8 Å². The molecule has 5 nitrogen and oxygen atoms in total. The average molecular weight is 388 g/mol. The Morgan fingerprint density at radius 1 is 0.852 bits per heavy atom. The summed E-state index contributed by atoms with van der Waals surface area (Å²) in [6.07, 6.45) is 2.01. The van der Waals surface area contributed by atoms with Gasteiger partial charge in [-0.05, 0) is 73.6 Å². The van der Waals surface area contributed by atoms with Gasteiger partial charge in [0.15, 0.2) is 0 Å². The van der Waals surface area contributed by atoms with Crippen LogP contribution in [0, 0.1) is 0 Å². The molecule has 0 amide bonds. The second kappa shape index (κ2) is 10.5. The van der Waals surface area contributed by atoms with E-state index in [2.05, 4.69) is 13.8 Å². The predicted molar refractivity (Wildman–Crippen MR) is 110 cm³/mol. The number of methoxy groups -OCH3 is 1. The Morgan fingerprint density at radius 2 is 1.33 bits per heavy atom. The van der Waals surface area contributed by atoms with Crippen molar-refractivity contribution < 1.29 is 19.0 Å². The quantitative estimate of drug-likeness (QED) is 0.372. The van der Waals surface area contributed by atoms with Crippen molar-refractivity contribution in [1.29, 1.82) is 0 Å². The molecule has 2 aromatic rings. The van der Waals surface area contributed by atoms with Gasteiger partial charge in [-0.2, -0.15) is 0 Å². The minimum Gasteiger partial charge on any atom is -0.497 e. The Labute approximate surface area is 165 Å². The minimum atomic E-state index is -0.432. The molecule has 0 radical (unpaired) electrons. The topological polar surface area (TPSA) is 48.0 Å². The van der Waals surface area contributed by atoms with E-state index < -0.39 is 5.97 Å². The summed E-state index contributed by atoms with van der Waals surface area (Å²) >= 11 is 5.38. The zero-order valence-corrected chi connectivity index (χ0v) is 16.8. The maximum absolute atomic E-state index is 12.2. The first kappa shape index (κ1) is 20.7. The van der Waals surface area contributed by atoms with Crippen LogP contribution in [0.2, 0.25) is 0 Å². The van der Waals surface area contributed by atoms with Crippen molar-refractivity contribution in [2.24, 2.45) is 0 Å². The lowest BCUT2D eigenvalue weighted by Crippen LogP contribution is -2.34. The molecule has 0 aliphatic heterocycles. The van der Waals surface area contributed by atoms with Gasteiger partial charge in [-0.3, -0.25) is 0 Å². The van der Waals surface area contributed by atoms with Crippen molar-refractivity contribution in [2.45, 2.75) is 26.7 Å². The molecule has 0 fully saturated rings. The fourth-order valence-electron chi connectivity index (χ4n) is 2.47. The molecular weight excluding hydrogens is 362 g/mol. The predicted octanol–water partition coefficient (Wildman–Crippen LogP) is 4.70. The average Bonchev–Trinajstić information content (AvgIpc) is 2.69. The van der Waals surface area contributed by atoms with Crippen molar-refractivity contribution in [3.63, 3.8) is 0 Å². The first-order valence-electron chi connectivity index (χ1n) is 9.00. The molecule has 6 heteroatoms. The number of carbonyl (C=O) groups is 1. The smallest absolute Gasteiger partial charge is 0.343 e. The van der Waals surface area contributed by atoms with Gasteiger partial charge in [0.2, 0.25) is 0 Å². The molecule has 2 rings (SSSR count). The lowest BCUT2D eigenvalue weighted by molar-refractivity contribution is 0.0734. The number of ether oxygens (including phenoxy) is 3. The molecule has 144 valence electrons. The number of benzene rings is 2. The van der Waals surface area contributed by atoms with E-state index in [0.717, 1.165) is 25.9 Å². The van der Waals surface area contributed by atoms with E-state index in [1.54, 1.807) is 55.6 Å². The molecule has 0 unspecified atom stereocenters. The SMILES string of the molecule is CCCN(CCC)C(=S)Oc1ccc(OC(=O)c2ccc(OC)cc2)cc1. The second-order valence-electron chi connectivity index (χ2n) is 5.94. The summed E-state index contributed by atoms with van der Waals surface area (Å²) in [7, 11) is 1.58. The zero-order valence-electron chi connectivity index (χ0n) is 15.9. The highest BCUT2D eigenvalue weighted by Crippen LogP contribution is 2.20. The summed E-state index contributed by atoms with van der Waals surface area (Å²) in [6.45, 7) is 5.95. The van der Waals surface area contributed by atoms with Crippen LogP contribution < -0.4 is 14.2 Å². The highest BCUT2D eigenvalue weighted by molar-refractivity contribution is 7.80. The lowest BCUT2D eigenvalue weighted by atomic mass is 10.2. The normalized spacial score (nSPS) is 10.2. The van der Waals surface area contributed by atoms with Gasteiger partial charge in [0.1, 0.15) is 17.2 Å². The Morgan fingerprint density at radius 3 is 1.81 bits per heavy atom. The summed E-state index contributed by atoms with van der Waals surface area (Å²) in [4.78, 5) is 14.2. The van der Waals surface area contributed by atoms with E-state index in [0.29, 0.717) is 28.0 Å². The number of carbonyl (C=O) groups excluding carboxylic acids is 1. The first-order valence-corrected chi connectivity index (χ1v) is 9.41. The first-order chi connectivity index (χ1) is 13.1. The highest BCUT2D eigenvalue weighted by atomic mass is 32.1. The lowest BCUT2D eigenvalue weighted by Gasteiger charge is -2.23. The van der Waals surface area contributed by atoms with Gasteiger partial charge in [0.05, 0.1) is 12.7 Å². The van der Waals surface area contributed by atoms with Gasteiger partial charge >= 0.3 is 5.97 Å². The van der Waals surface area contributed by atoms with Crippen LogP contribution in [0.15, 0.2) is 48.5 Å². The largest absolute Gasteiger partial charge is 0.497 e. The van der Waals surface area contributed by atoms with E-state index in [1.807, 2.05) is 4.90 Å². The summed E-state index contributed by atoms with van der Waals surface area (Å²) in [6, 6.07) is 13.6. The summed E-state index contributed by atoms with van der Waals surface area (Å²) < 4.78 is 16.2. The Hall–Kier alpha value is -2.60. The van der Waals surface area contributed by atoms with E-state index in [-0.39, 0.29) is 0 Å². The Kier molecular flexibility index (Phi) is 8.07. The van der Waals surface area contributed by atoms with Gasteiger partial charge in [0, 0.05) is 13.1 Å². The molecule has 0 saturated heterocycles. The van der Waals surface area contributed by atoms with Crippen LogP contribution in [0.5, 0.6) is 17.2 Å². The van der Waals surface area contributed by atoms with Crippen LogP contribution in [0.4, 0.5) is 0 Å². The van der Waals surface area contributed by atoms with Crippen molar-refractivity contribution in [3.05, 3.63) is 54.1 Å². The third-order valence-corrected chi connectivity index (χ3v) is 4.15. The molecule has 0 atom stereocenters. The highest BCUT2D eigenvalue weighted by Gasteiger charge is 2.11. The van der Waals surface area contributed by atoms with Crippen LogP contribution >= 0.6 is 12.2 Å². The molecule has 0 saturated carbocycles. The molecule has 0 aliphatic rings. The van der Waals surface area contributed by atoms with Crippen LogP contribution in [0.1, 0.15) is 37.0 Å². The third kappa shape index (κ3) is 6.25. The second-order valence-corrected chi connectivity index (χ2v) is 6.29. The van der Waals surface area contributed by atoms with E-state index in [9.17, 15) is 4.79 Å². The maximum atomic E-state index is 12.2. The maximum Gasteiger partial charge on any atom is 0.343 e. The van der Waals surface area contributed by atoms with Gasteiger partial charge in [0.25, 0.3) is 5.17 Å². The number of hydrogen-bond acceptors (Lipinski definition) is 5. The van der Waals surface area contributed by atoms with E-state index >= 15 is 0 Å². The number of rotatable bonds is 8. The molecule has 0 N–H and O–H groups in total. The molecule has 0 aromatic heterocycles. The van der Waals surface area contributed by atoms with Crippen LogP contribution in [0.25, 0.3) is 0 Å². The summed E-state index contributed by atoms with van der Waals surface area (Å²) in [5, 5.41) is 0.460. The van der Waals surface area contributed by atoms with Gasteiger partial charge in [-0.15, -0.1) is 0 Å². The standard InChI is InChI=1S/C21H25NO4S/c1-4-14-22(15-5-2)21(27)26-19-12-10-18(11-13-19)25-20(23)16-6-8-17(24-3)9-7-16/h6-13H,4-5,14-15H2,1-3H3. The van der Waals surface area contributed by atoms with Crippen LogP contribution in [-0.2, 0) is 0 Å². The molecule has 0 aliphatic carbocycles. The number of esters is 1. The number of thiocarbonyl (C=S) groups is 1. The molecule has 0 heterocycles. The fraction of sp³-hybridized carbons (Fsp3) is 0.333. The van der Waals surface area contributed by atoms with Gasteiger partial charge in [-0.25, -0.2) is 4.79 Å². The molecule has 2 aromatic carbocycles. The summed E-state index contributed by atoms with van der Waals surface area (Å²) in [5.41, 5.74) is 0.451. The molecule has 0 spiro atoms. The van der Waals surface area contributed by atoms with E-state index in [4.69, 9.17) is 26.4 Å². The third-order valence-electron chi connectivity index (χ3n) is 3.81. The van der Waals surface area contributed by atoms with Crippen molar-refractivity contribution in [1.82, 2.24) is 4.90 Å². The Balaban J connectivity index is 1.95. The van der Waals surface area contributed by atoms with Crippen molar-refractivity contribution in [3.8, 4) is 17.2 Å². The Bertz CT molecular complexity index is 738. The van der Waals surface area contributed by atoms with E-state index in [1.165, 1.54) is 0 Å². The summed E-state index contributed by atoms with van der Waals surface area (Å²) in [5.74, 6) is 1.30.